The largest absolute Gasteiger partial charge is 0.395 e. The fraction of sp³-hybridized carbons (Fsp3) is 0.778. The van der Waals surface area contributed by atoms with Gasteiger partial charge in [-0.05, 0) is 13.2 Å². The van der Waals surface area contributed by atoms with E-state index in [1.807, 2.05) is 13.2 Å². The zero-order valence-corrected chi connectivity index (χ0v) is 10.4. The van der Waals surface area contributed by atoms with Crippen LogP contribution in [0.4, 0.5) is 0 Å². The van der Waals surface area contributed by atoms with Gasteiger partial charge in [0.15, 0.2) is 0 Å². The maximum Gasteiger partial charge on any atom is 0.239 e. The number of nitrogens with zero attached hydrogens (tertiary/aromatic N) is 1. The predicted octanol–water partition coefficient (Wildman–Crippen LogP) is 0.201. The fourth-order valence-electron chi connectivity index (χ4n) is 1.55. The lowest BCUT2D eigenvalue weighted by Gasteiger charge is -2.33. The topological polar surface area (TPSA) is 57.6 Å². The van der Waals surface area contributed by atoms with Gasteiger partial charge < -0.3 is 5.11 Å². The zero-order chi connectivity index (χ0) is 11.4. The van der Waals surface area contributed by atoms with Crippen LogP contribution < -0.4 is 0 Å². The highest BCUT2D eigenvalue weighted by Crippen LogP contribution is 2.21. The first-order valence-corrected chi connectivity index (χ1v) is 7.12. The number of hydrogen-bond donors (Lipinski definition) is 1. The van der Waals surface area contributed by atoms with Crippen molar-refractivity contribution in [1.29, 1.82) is 0 Å². The van der Waals surface area contributed by atoms with Crippen LogP contribution >= 0.6 is 23.5 Å². The lowest BCUT2D eigenvalue weighted by molar-refractivity contribution is -0.144. The minimum atomic E-state index is -0.231. The predicted molar refractivity (Wildman–Crippen MR) is 63.0 cm³/mol. The van der Waals surface area contributed by atoms with E-state index in [-0.39, 0.29) is 29.7 Å². The molecule has 1 rings (SSSR count). The lowest BCUT2D eigenvalue weighted by Crippen LogP contribution is -2.52. The summed E-state index contributed by atoms with van der Waals surface area (Å²) in [6.45, 7) is 1.79. The van der Waals surface area contributed by atoms with E-state index in [0.29, 0.717) is 11.5 Å². The van der Waals surface area contributed by atoms with E-state index in [1.165, 1.54) is 28.4 Å². The Balaban J connectivity index is 2.74. The quantitative estimate of drug-likeness (QED) is 0.721. The Morgan fingerprint density at radius 2 is 2.00 bits per heavy atom. The highest BCUT2D eigenvalue weighted by atomic mass is 32.2. The first kappa shape index (κ1) is 12.9. The van der Waals surface area contributed by atoms with Crippen LogP contribution in [0.3, 0.4) is 0 Å². The summed E-state index contributed by atoms with van der Waals surface area (Å²) in [5.74, 6) is 0.443. The molecule has 0 saturated carbocycles. The van der Waals surface area contributed by atoms with Gasteiger partial charge in [0.05, 0.1) is 24.2 Å². The maximum atomic E-state index is 11.6. The lowest BCUT2D eigenvalue weighted by atomic mass is 10.2. The van der Waals surface area contributed by atoms with Gasteiger partial charge in [0.1, 0.15) is 0 Å². The molecule has 15 heavy (non-hydrogen) atoms. The molecule has 1 fully saturated rings. The van der Waals surface area contributed by atoms with E-state index in [1.54, 1.807) is 0 Å². The molecule has 0 bridgehead atoms. The Labute approximate surface area is 97.8 Å². The second kappa shape index (κ2) is 5.77. The fourth-order valence-corrected chi connectivity index (χ4v) is 2.94. The molecule has 1 N–H and O–H groups in total. The van der Waals surface area contributed by atoms with Gasteiger partial charge in [-0.3, -0.25) is 14.5 Å². The van der Waals surface area contributed by atoms with Gasteiger partial charge in [-0.15, -0.1) is 11.8 Å². The molecule has 2 atom stereocenters. The molecule has 1 aliphatic rings. The molecule has 2 amide bonds. The second-order valence-corrected chi connectivity index (χ2v) is 5.41. The van der Waals surface area contributed by atoms with Crippen molar-refractivity contribution in [2.24, 2.45) is 0 Å². The van der Waals surface area contributed by atoms with Crippen LogP contribution in [-0.2, 0) is 9.59 Å². The third-order valence-corrected chi connectivity index (χ3v) is 4.47. The van der Waals surface area contributed by atoms with Crippen molar-refractivity contribution in [3.05, 3.63) is 0 Å². The first-order valence-electron chi connectivity index (χ1n) is 4.68. The van der Waals surface area contributed by atoms with Gasteiger partial charge in [0.25, 0.3) is 0 Å². The monoisotopic (exact) mass is 249 g/mol. The van der Waals surface area contributed by atoms with Gasteiger partial charge in [-0.25, -0.2) is 0 Å². The van der Waals surface area contributed by atoms with Crippen LogP contribution in [0.2, 0.25) is 0 Å². The minimum Gasteiger partial charge on any atom is -0.395 e. The molecule has 4 nitrogen and oxygen atoms in total. The smallest absolute Gasteiger partial charge is 0.239 e. The minimum absolute atomic E-state index is 0.0213. The molecule has 1 saturated heterocycles. The number of aliphatic hydroxyl groups excluding tert-OH is 1. The van der Waals surface area contributed by atoms with Crippen molar-refractivity contribution in [2.45, 2.75) is 18.2 Å². The molecule has 0 aromatic rings. The molecule has 86 valence electrons. The molecular weight excluding hydrogens is 234 g/mol. The summed E-state index contributed by atoms with van der Waals surface area (Å²) in [7, 11) is 0. The summed E-state index contributed by atoms with van der Waals surface area (Å²) in [6.07, 6.45) is 1.87. The molecule has 6 heteroatoms. The van der Waals surface area contributed by atoms with Crippen molar-refractivity contribution >= 4 is 35.3 Å². The first-order chi connectivity index (χ1) is 7.11. The summed E-state index contributed by atoms with van der Waals surface area (Å²) >= 11 is 2.82. The van der Waals surface area contributed by atoms with Gasteiger partial charge in [-0.2, -0.15) is 11.8 Å². The SMILES string of the molecule is CSC(CO)C(C)N1C(=O)CSCC1=O. The van der Waals surface area contributed by atoms with Crippen LogP contribution in [0, 0.1) is 0 Å². The van der Waals surface area contributed by atoms with Gasteiger partial charge in [-0.1, -0.05) is 0 Å². The molecule has 1 heterocycles. The number of aliphatic hydroxyl groups is 1. The van der Waals surface area contributed by atoms with Crippen molar-refractivity contribution in [2.75, 3.05) is 24.4 Å². The third kappa shape index (κ3) is 2.89. The van der Waals surface area contributed by atoms with Crippen LogP contribution in [0.25, 0.3) is 0 Å². The molecule has 0 radical (unpaired) electrons. The highest BCUT2D eigenvalue weighted by molar-refractivity contribution is 8.00. The molecule has 0 aromatic carbocycles. The number of imide groups is 1. The molecular formula is C9H15NO3S2. The van der Waals surface area contributed by atoms with Gasteiger partial charge >= 0.3 is 0 Å². The Kier molecular flexibility index (Phi) is 4.95. The average Bonchev–Trinajstić information content (AvgIpc) is 2.19. The number of carbonyl (C=O) groups excluding carboxylic acids is 2. The number of rotatable bonds is 4. The number of amides is 2. The zero-order valence-electron chi connectivity index (χ0n) is 8.80. The Hall–Kier alpha value is -0.200. The van der Waals surface area contributed by atoms with Crippen LogP contribution in [-0.4, -0.2) is 57.5 Å². The Morgan fingerprint density at radius 3 is 2.40 bits per heavy atom. The summed E-state index contributed by atoms with van der Waals surface area (Å²) < 4.78 is 0. The molecule has 0 spiro atoms. The maximum absolute atomic E-state index is 11.6. The molecule has 1 aliphatic heterocycles. The van der Waals surface area contributed by atoms with E-state index >= 15 is 0 Å². The van der Waals surface area contributed by atoms with E-state index < -0.39 is 0 Å². The Morgan fingerprint density at radius 1 is 1.47 bits per heavy atom. The van der Waals surface area contributed by atoms with E-state index in [4.69, 9.17) is 5.11 Å². The highest BCUT2D eigenvalue weighted by Gasteiger charge is 2.33. The number of carbonyl (C=O) groups is 2. The standard InChI is InChI=1S/C9H15NO3S2/c1-6(7(3-11)14-2)10-8(12)4-15-5-9(10)13/h6-7,11H,3-5H2,1-2H3. The van der Waals surface area contributed by atoms with Crippen molar-refractivity contribution in [3.8, 4) is 0 Å². The van der Waals surface area contributed by atoms with Crippen LogP contribution in [0.1, 0.15) is 6.92 Å². The van der Waals surface area contributed by atoms with Gasteiger partial charge in [0, 0.05) is 5.25 Å². The third-order valence-electron chi connectivity index (χ3n) is 2.42. The molecule has 2 unspecified atom stereocenters. The average molecular weight is 249 g/mol. The molecule has 0 aromatic heterocycles. The van der Waals surface area contributed by atoms with Crippen LogP contribution in [0.15, 0.2) is 0 Å². The van der Waals surface area contributed by atoms with Crippen molar-refractivity contribution < 1.29 is 14.7 Å². The van der Waals surface area contributed by atoms with E-state index in [9.17, 15) is 9.59 Å². The normalized spacial score (nSPS) is 21.7. The second-order valence-electron chi connectivity index (χ2n) is 3.35. The number of hydrogen-bond acceptors (Lipinski definition) is 5. The van der Waals surface area contributed by atoms with E-state index in [2.05, 4.69) is 0 Å². The van der Waals surface area contributed by atoms with E-state index in [0.717, 1.165) is 0 Å². The van der Waals surface area contributed by atoms with Crippen molar-refractivity contribution in [1.82, 2.24) is 4.90 Å². The van der Waals surface area contributed by atoms with Crippen molar-refractivity contribution in [3.63, 3.8) is 0 Å². The molecule has 0 aliphatic carbocycles. The van der Waals surface area contributed by atoms with Crippen LogP contribution in [0.5, 0.6) is 0 Å². The summed E-state index contributed by atoms with van der Waals surface area (Å²) in [5.41, 5.74) is 0. The summed E-state index contributed by atoms with van der Waals surface area (Å²) in [6, 6.07) is -0.231. The summed E-state index contributed by atoms with van der Waals surface area (Å²) in [5, 5.41) is 9.03. The number of thioether (sulfide) groups is 2. The van der Waals surface area contributed by atoms with Gasteiger partial charge in [0.2, 0.25) is 11.8 Å². The Bertz CT molecular complexity index is 240. The summed E-state index contributed by atoms with van der Waals surface area (Å²) in [4.78, 5) is 24.5.